The third-order valence-electron chi connectivity index (χ3n) is 9.82. The van der Waals surface area contributed by atoms with Crippen LogP contribution in [0.5, 0.6) is 0 Å². The van der Waals surface area contributed by atoms with Crippen molar-refractivity contribution in [1.29, 1.82) is 0 Å². The Morgan fingerprint density at radius 2 is 0.843 bits per heavy atom. The lowest BCUT2D eigenvalue weighted by molar-refractivity contribution is -0.750. The third-order valence-corrected chi connectivity index (χ3v) is 9.82. The van der Waals surface area contributed by atoms with E-state index in [1.807, 2.05) is 128 Å². The second kappa shape index (κ2) is 28.1. The predicted octanol–water partition coefficient (Wildman–Crippen LogP) is 4.23. The minimum Gasteiger partial charge on any atom is -0.261 e. The van der Waals surface area contributed by atoms with Crippen LogP contribution in [0.2, 0.25) is 0 Å². The van der Waals surface area contributed by atoms with Gasteiger partial charge < -0.3 is 0 Å². The number of nitrogens with zero attached hydrogens (tertiary/aromatic N) is 20. The molecule has 0 atom stereocenters. The summed E-state index contributed by atoms with van der Waals surface area (Å²) < 4.78 is 9.31. The van der Waals surface area contributed by atoms with E-state index >= 15 is 0 Å². The van der Waals surface area contributed by atoms with Gasteiger partial charge in [0.1, 0.15) is 37.3 Å². The summed E-state index contributed by atoms with van der Waals surface area (Å²) in [6, 6.07) is 19.3. The Bertz CT molecular complexity index is 2460. The van der Waals surface area contributed by atoms with Gasteiger partial charge >= 0.3 is 0 Å². The van der Waals surface area contributed by atoms with Crippen LogP contribution in [-0.2, 0) is 32.7 Å². The fourth-order valence-electron chi connectivity index (χ4n) is 5.89. The second-order valence-electron chi connectivity index (χ2n) is 14.4. The highest BCUT2D eigenvalue weighted by atomic mass is 15.3. The first-order valence-corrected chi connectivity index (χ1v) is 22.6. The van der Waals surface area contributed by atoms with Crippen LogP contribution in [0.3, 0.4) is 0 Å². The van der Waals surface area contributed by atoms with E-state index in [9.17, 15) is 0 Å². The molecule has 0 radical (unpaired) electrons. The molecule has 0 aliphatic carbocycles. The van der Waals surface area contributed by atoms with Gasteiger partial charge in [-0.1, -0.05) is 23.4 Å². The second-order valence-corrected chi connectivity index (χ2v) is 14.4. The molecule has 0 saturated carbocycles. The quantitative estimate of drug-likeness (QED) is 0.176. The lowest BCUT2D eigenvalue weighted by Gasteiger charge is -1.96. The number of hydrogen-bond acceptors (Lipinski definition) is 15. The molecule has 10 heterocycles. The standard InChI is InChI=1S/5C10H11N4/c1-2-14-6-3-9(7-13-14)10-8-11-4-5-12-10;1-2-14-6-4-9(7-13-14)10-3-5-11-8-12-10;1-2-14-6-4-10(8-13-14)9-3-5-11-12-7-9;1-2-14-7-4-9(8-13-14)10-11-5-3-6-12-10;1-2-14-7-5-9(8-12-14)10-4-3-6-11-13-10/h5*3-8H,2H2,1H3/q5*+1. The summed E-state index contributed by atoms with van der Waals surface area (Å²) in [4.78, 5) is 24.5. The van der Waals surface area contributed by atoms with Crippen LogP contribution in [-0.4, -0.2) is 75.8 Å². The molecule has 10 rings (SSSR count). The van der Waals surface area contributed by atoms with E-state index in [1.54, 1.807) is 80.4 Å². The molecule has 0 aromatic carbocycles. The van der Waals surface area contributed by atoms with E-state index in [4.69, 9.17) is 0 Å². The average molecular weight is 936 g/mol. The molecule has 0 spiro atoms. The van der Waals surface area contributed by atoms with Gasteiger partial charge in [-0.15, -0.1) is 0 Å². The molecule has 0 aliphatic heterocycles. The lowest BCUT2D eigenvalue weighted by atomic mass is 10.1. The van der Waals surface area contributed by atoms with Gasteiger partial charge in [-0.25, -0.2) is 19.9 Å². The zero-order valence-corrected chi connectivity index (χ0v) is 39.8. The van der Waals surface area contributed by atoms with Gasteiger partial charge in [0, 0.05) is 101 Å². The Hall–Kier alpha value is -9.20. The fraction of sp³-hybridized carbons (Fsp3) is 0.200. The maximum Gasteiger partial charge on any atom is 0.197 e. The van der Waals surface area contributed by atoms with Gasteiger partial charge in [-0.05, 0) is 90.4 Å². The molecule has 0 fully saturated rings. The van der Waals surface area contributed by atoms with Gasteiger partial charge in [0.05, 0.1) is 35.7 Å². The minimum absolute atomic E-state index is 0.711. The van der Waals surface area contributed by atoms with Crippen molar-refractivity contribution in [3.63, 3.8) is 0 Å². The highest BCUT2D eigenvalue weighted by Gasteiger charge is 2.07. The maximum atomic E-state index is 4.24. The van der Waals surface area contributed by atoms with E-state index in [1.165, 1.54) is 6.33 Å². The molecule has 10 aromatic rings. The molecule has 70 heavy (non-hydrogen) atoms. The number of hydrogen-bond donors (Lipinski definition) is 0. The lowest BCUT2D eigenvalue weighted by Crippen LogP contribution is -2.35. The average Bonchev–Trinajstić information content (AvgIpc) is 3.47. The highest BCUT2D eigenvalue weighted by molar-refractivity contribution is 5.60. The van der Waals surface area contributed by atoms with Crippen molar-refractivity contribution >= 4 is 0 Å². The third kappa shape index (κ3) is 16.0. The smallest absolute Gasteiger partial charge is 0.197 e. The summed E-state index contributed by atoms with van der Waals surface area (Å²) in [6.07, 6.45) is 35.6. The normalized spacial score (nSPS) is 10.1. The molecule has 10 aromatic heterocycles. The Labute approximate surface area is 406 Å². The van der Waals surface area contributed by atoms with Crippen LogP contribution in [0.1, 0.15) is 34.6 Å². The fourth-order valence-corrected chi connectivity index (χ4v) is 5.89. The Balaban J connectivity index is 0.000000143. The largest absolute Gasteiger partial charge is 0.261 e. The molecular formula is C50H55N20+5. The number of rotatable bonds is 10. The Morgan fingerprint density at radius 3 is 1.27 bits per heavy atom. The van der Waals surface area contributed by atoms with Gasteiger partial charge in [-0.3, -0.25) is 9.97 Å². The molecule has 20 nitrogen and oxygen atoms in total. The van der Waals surface area contributed by atoms with Gasteiger partial charge in [-0.2, -0.15) is 20.4 Å². The minimum atomic E-state index is 0.711. The van der Waals surface area contributed by atoms with Crippen molar-refractivity contribution in [2.24, 2.45) is 0 Å². The number of aryl methyl sites for hydroxylation is 5. The summed E-state index contributed by atoms with van der Waals surface area (Å²) >= 11 is 0. The van der Waals surface area contributed by atoms with Crippen LogP contribution in [0, 0.1) is 0 Å². The Morgan fingerprint density at radius 1 is 0.329 bits per heavy atom. The predicted molar refractivity (Wildman–Crippen MR) is 256 cm³/mol. The van der Waals surface area contributed by atoms with E-state index in [0.29, 0.717) is 5.82 Å². The van der Waals surface area contributed by atoms with Crippen LogP contribution in [0.4, 0.5) is 0 Å². The van der Waals surface area contributed by atoms with Crippen molar-refractivity contribution in [3.8, 4) is 56.3 Å². The zero-order valence-electron chi connectivity index (χ0n) is 39.8. The van der Waals surface area contributed by atoms with Crippen LogP contribution in [0.25, 0.3) is 56.3 Å². The highest BCUT2D eigenvalue weighted by Crippen LogP contribution is 2.15. The first-order valence-electron chi connectivity index (χ1n) is 22.6. The SMILES string of the molecule is CC[n+]1ccc(-c2cccnn2)cn1.CC[n+]1ccc(-c2ccncn2)cn1.CC[n+]1ccc(-c2ccnnc2)cn1.CC[n+]1ccc(-c2cnccn2)cn1.CC[n+]1ccc(-c2ncccn2)cn1. The molecule has 0 aliphatic rings. The maximum absolute atomic E-state index is 4.24. The van der Waals surface area contributed by atoms with E-state index in [0.717, 1.165) is 83.2 Å². The summed E-state index contributed by atoms with van der Waals surface area (Å²) in [6.45, 7) is 14.6. The van der Waals surface area contributed by atoms with Crippen molar-refractivity contribution in [2.45, 2.75) is 67.3 Å². The summed E-state index contributed by atoms with van der Waals surface area (Å²) in [7, 11) is 0. The van der Waals surface area contributed by atoms with Gasteiger partial charge in [0.2, 0.25) is 0 Å². The molecule has 0 amide bonds. The molecule has 20 heteroatoms. The summed E-state index contributed by atoms with van der Waals surface area (Å²) in [5.74, 6) is 0.711. The molecule has 0 bridgehead atoms. The zero-order chi connectivity index (χ0) is 49.0. The Kier molecular flexibility index (Phi) is 20.1. The first-order chi connectivity index (χ1) is 34.5. The van der Waals surface area contributed by atoms with Crippen LogP contribution >= 0.6 is 0 Å². The van der Waals surface area contributed by atoms with Crippen molar-refractivity contribution in [1.82, 2.24) is 75.8 Å². The van der Waals surface area contributed by atoms with Crippen LogP contribution < -0.4 is 23.4 Å². The van der Waals surface area contributed by atoms with Crippen molar-refractivity contribution in [3.05, 3.63) is 185 Å². The van der Waals surface area contributed by atoms with Crippen molar-refractivity contribution < 1.29 is 23.4 Å². The van der Waals surface area contributed by atoms with Crippen molar-refractivity contribution in [2.75, 3.05) is 0 Å². The number of aromatic nitrogens is 20. The molecule has 350 valence electrons. The van der Waals surface area contributed by atoms with Gasteiger partial charge in [0.15, 0.2) is 69.5 Å². The van der Waals surface area contributed by atoms with E-state index in [2.05, 4.69) is 103 Å². The first kappa shape index (κ1) is 50.2. The molecular weight excluding hydrogens is 881 g/mol. The van der Waals surface area contributed by atoms with Gasteiger partial charge in [0.25, 0.3) is 0 Å². The monoisotopic (exact) mass is 935 g/mol. The van der Waals surface area contributed by atoms with Crippen LogP contribution in [0.15, 0.2) is 185 Å². The molecule has 0 N–H and O–H groups in total. The molecule has 0 saturated heterocycles. The molecule has 0 unspecified atom stereocenters. The summed E-state index contributed by atoms with van der Waals surface area (Å²) in [5.41, 5.74) is 8.63. The topological polar surface area (TPSA) is 213 Å². The van der Waals surface area contributed by atoms with E-state index < -0.39 is 0 Å². The summed E-state index contributed by atoms with van der Waals surface area (Å²) in [5, 5.41) is 36.5. The van der Waals surface area contributed by atoms with E-state index in [-0.39, 0.29) is 0 Å².